The molecular weight excluding hydrogens is 232 g/mol. The third-order valence-electron chi connectivity index (χ3n) is 3.39. The van der Waals surface area contributed by atoms with Crippen LogP contribution in [-0.4, -0.2) is 24.8 Å². The number of methoxy groups -OCH3 is 1. The molecule has 1 aliphatic heterocycles. The SMILES string of the molecule is COc1c(C)cc2c(c1CC(C)C(=O)O)CCO2. The van der Waals surface area contributed by atoms with E-state index in [2.05, 4.69) is 0 Å². The topological polar surface area (TPSA) is 55.8 Å². The highest BCUT2D eigenvalue weighted by Crippen LogP contribution is 2.38. The molecule has 1 unspecified atom stereocenters. The smallest absolute Gasteiger partial charge is 0.306 e. The summed E-state index contributed by atoms with van der Waals surface area (Å²) in [7, 11) is 1.62. The lowest BCUT2D eigenvalue weighted by molar-refractivity contribution is -0.141. The van der Waals surface area contributed by atoms with Crippen LogP contribution in [0.3, 0.4) is 0 Å². The van der Waals surface area contributed by atoms with Gasteiger partial charge in [-0.25, -0.2) is 0 Å². The van der Waals surface area contributed by atoms with E-state index in [4.69, 9.17) is 14.6 Å². The monoisotopic (exact) mass is 250 g/mol. The lowest BCUT2D eigenvalue weighted by atomic mass is 9.92. The molecule has 0 aromatic heterocycles. The summed E-state index contributed by atoms with van der Waals surface area (Å²) in [4.78, 5) is 11.0. The summed E-state index contributed by atoms with van der Waals surface area (Å²) in [6.45, 7) is 4.33. The van der Waals surface area contributed by atoms with Crippen molar-refractivity contribution in [1.29, 1.82) is 0 Å². The zero-order valence-corrected chi connectivity index (χ0v) is 10.9. The van der Waals surface area contributed by atoms with Crippen molar-refractivity contribution in [2.75, 3.05) is 13.7 Å². The fourth-order valence-electron chi connectivity index (χ4n) is 2.43. The predicted molar refractivity (Wildman–Crippen MR) is 67.4 cm³/mol. The maximum atomic E-state index is 11.0. The Kier molecular flexibility index (Phi) is 3.45. The molecule has 1 heterocycles. The molecule has 0 fully saturated rings. The number of rotatable bonds is 4. The first kappa shape index (κ1) is 12.7. The van der Waals surface area contributed by atoms with Crippen LogP contribution in [0, 0.1) is 12.8 Å². The number of aliphatic carboxylic acids is 1. The fourth-order valence-corrected chi connectivity index (χ4v) is 2.43. The first-order valence-electron chi connectivity index (χ1n) is 6.09. The molecule has 4 nitrogen and oxygen atoms in total. The molecule has 4 heteroatoms. The molecule has 0 radical (unpaired) electrons. The molecule has 0 aliphatic carbocycles. The Hall–Kier alpha value is -1.71. The number of carbonyl (C=O) groups is 1. The van der Waals surface area contributed by atoms with Crippen LogP contribution in [-0.2, 0) is 17.6 Å². The quantitative estimate of drug-likeness (QED) is 0.890. The van der Waals surface area contributed by atoms with Gasteiger partial charge >= 0.3 is 5.97 Å². The molecule has 0 spiro atoms. The van der Waals surface area contributed by atoms with Crippen LogP contribution in [0.2, 0.25) is 0 Å². The summed E-state index contributed by atoms with van der Waals surface area (Å²) in [5.41, 5.74) is 3.08. The maximum absolute atomic E-state index is 11.0. The van der Waals surface area contributed by atoms with Crippen LogP contribution < -0.4 is 9.47 Å². The van der Waals surface area contributed by atoms with E-state index in [1.165, 1.54) is 0 Å². The minimum absolute atomic E-state index is 0.426. The van der Waals surface area contributed by atoms with Crippen LogP contribution in [0.15, 0.2) is 6.07 Å². The van der Waals surface area contributed by atoms with Crippen LogP contribution in [0.4, 0.5) is 0 Å². The molecule has 98 valence electrons. The van der Waals surface area contributed by atoms with E-state index < -0.39 is 11.9 Å². The van der Waals surface area contributed by atoms with Crippen molar-refractivity contribution in [3.8, 4) is 11.5 Å². The van der Waals surface area contributed by atoms with Crippen molar-refractivity contribution in [2.24, 2.45) is 5.92 Å². The Morgan fingerprint density at radius 2 is 2.33 bits per heavy atom. The number of carboxylic acid groups (broad SMARTS) is 1. The molecule has 1 N–H and O–H groups in total. The van der Waals surface area contributed by atoms with E-state index in [0.717, 1.165) is 34.6 Å². The van der Waals surface area contributed by atoms with Gasteiger partial charge in [0.05, 0.1) is 19.6 Å². The fraction of sp³-hybridized carbons (Fsp3) is 0.500. The molecule has 0 bridgehead atoms. The lowest BCUT2D eigenvalue weighted by Gasteiger charge is -2.17. The molecule has 0 saturated carbocycles. The van der Waals surface area contributed by atoms with Gasteiger partial charge < -0.3 is 14.6 Å². The molecule has 1 aromatic rings. The van der Waals surface area contributed by atoms with Gasteiger partial charge in [-0.2, -0.15) is 0 Å². The average molecular weight is 250 g/mol. The summed E-state index contributed by atoms with van der Waals surface area (Å²) < 4.78 is 11.0. The third-order valence-corrected chi connectivity index (χ3v) is 3.39. The van der Waals surface area contributed by atoms with Crippen LogP contribution in [0.25, 0.3) is 0 Å². The van der Waals surface area contributed by atoms with Gasteiger partial charge in [-0.3, -0.25) is 4.79 Å². The number of hydrogen-bond acceptors (Lipinski definition) is 3. The van der Waals surface area contributed by atoms with E-state index in [1.807, 2.05) is 13.0 Å². The molecule has 1 aliphatic rings. The zero-order chi connectivity index (χ0) is 13.3. The van der Waals surface area contributed by atoms with Crippen molar-refractivity contribution >= 4 is 5.97 Å². The zero-order valence-electron chi connectivity index (χ0n) is 10.9. The van der Waals surface area contributed by atoms with Gasteiger partial charge in [-0.1, -0.05) is 6.92 Å². The summed E-state index contributed by atoms with van der Waals surface area (Å²) in [6.07, 6.45) is 1.31. The van der Waals surface area contributed by atoms with Gasteiger partial charge in [-0.05, 0) is 25.0 Å². The van der Waals surface area contributed by atoms with Gasteiger partial charge in [0.1, 0.15) is 11.5 Å². The Labute approximate surface area is 107 Å². The summed E-state index contributed by atoms with van der Waals surface area (Å²) in [6, 6.07) is 1.97. The number of benzene rings is 1. The van der Waals surface area contributed by atoms with Gasteiger partial charge in [0, 0.05) is 17.5 Å². The molecule has 1 atom stereocenters. The normalized spacial score (nSPS) is 14.8. The number of hydrogen-bond donors (Lipinski definition) is 1. The highest BCUT2D eigenvalue weighted by atomic mass is 16.5. The van der Waals surface area contributed by atoms with E-state index in [0.29, 0.717) is 13.0 Å². The molecule has 0 saturated heterocycles. The molecule has 18 heavy (non-hydrogen) atoms. The predicted octanol–water partition coefficient (Wildman–Crippen LogP) is 2.20. The van der Waals surface area contributed by atoms with Gasteiger partial charge in [-0.15, -0.1) is 0 Å². The number of ether oxygens (including phenoxy) is 2. The second-order valence-electron chi connectivity index (χ2n) is 4.72. The number of fused-ring (bicyclic) bond motifs is 1. The molecule has 2 rings (SSSR count). The van der Waals surface area contributed by atoms with Crippen molar-refractivity contribution in [3.05, 3.63) is 22.8 Å². The summed E-state index contributed by atoms with van der Waals surface area (Å²) in [5.74, 6) is 0.463. The van der Waals surface area contributed by atoms with Crippen molar-refractivity contribution in [1.82, 2.24) is 0 Å². The minimum Gasteiger partial charge on any atom is -0.496 e. The molecule has 1 aromatic carbocycles. The Morgan fingerprint density at radius 3 is 2.94 bits per heavy atom. The van der Waals surface area contributed by atoms with E-state index in [-0.39, 0.29) is 0 Å². The Bertz CT molecular complexity index is 475. The Balaban J connectivity index is 2.46. The first-order chi connectivity index (χ1) is 8.54. The number of aryl methyl sites for hydroxylation is 1. The van der Waals surface area contributed by atoms with E-state index >= 15 is 0 Å². The van der Waals surface area contributed by atoms with Gasteiger partial charge in [0.25, 0.3) is 0 Å². The van der Waals surface area contributed by atoms with Gasteiger partial charge in [0.2, 0.25) is 0 Å². The maximum Gasteiger partial charge on any atom is 0.306 e. The minimum atomic E-state index is -0.786. The van der Waals surface area contributed by atoms with Crippen molar-refractivity contribution in [3.63, 3.8) is 0 Å². The summed E-state index contributed by atoms with van der Waals surface area (Å²) in [5, 5.41) is 9.05. The van der Waals surface area contributed by atoms with E-state index in [9.17, 15) is 4.79 Å². The standard InChI is InChI=1S/C14H18O4/c1-8-7-12-10(4-5-18-12)11(13(8)17-3)6-9(2)14(15)16/h7,9H,4-6H2,1-3H3,(H,15,16). The molecule has 0 amide bonds. The number of carboxylic acids is 1. The van der Waals surface area contributed by atoms with Crippen LogP contribution in [0.5, 0.6) is 11.5 Å². The van der Waals surface area contributed by atoms with Gasteiger partial charge in [0.15, 0.2) is 0 Å². The highest BCUT2D eigenvalue weighted by molar-refractivity contribution is 5.70. The molecular formula is C14H18O4. The second-order valence-corrected chi connectivity index (χ2v) is 4.72. The largest absolute Gasteiger partial charge is 0.496 e. The lowest BCUT2D eigenvalue weighted by Crippen LogP contribution is -2.14. The second kappa shape index (κ2) is 4.88. The van der Waals surface area contributed by atoms with Crippen molar-refractivity contribution in [2.45, 2.75) is 26.7 Å². The van der Waals surface area contributed by atoms with Crippen molar-refractivity contribution < 1.29 is 19.4 Å². The van der Waals surface area contributed by atoms with E-state index in [1.54, 1.807) is 14.0 Å². The average Bonchev–Trinajstić information content (AvgIpc) is 2.76. The summed E-state index contributed by atoms with van der Waals surface area (Å²) >= 11 is 0. The van der Waals surface area contributed by atoms with Crippen LogP contribution >= 0.6 is 0 Å². The third kappa shape index (κ3) is 2.15. The highest BCUT2D eigenvalue weighted by Gasteiger charge is 2.24. The Morgan fingerprint density at radius 1 is 1.61 bits per heavy atom. The van der Waals surface area contributed by atoms with Crippen LogP contribution in [0.1, 0.15) is 23.6 Å². The first-order valence-corrected chi connectivity index (χ1v) is 6.09.